The third-order valence-corrected chi connectivity index (χ3v) is 4.97. The molecule has 2 aliphatic rings. The summed E-state index contributed by atoms with van der Waals surface area (Å²) in [6.45, 7) is 4.50. The molecule has 29 heavy (non-hydrogen) atoms. The molecule has 0 unspecified atom stereocenters. The molecule has 0 bridgehead atoms. The quantitative estimate of drug-likeness (QED) is 0.773. The Hall–Kier alpha value is -2.27. The van der Waals surface area contributed by atoms with E-state index in [0.717, 1.165) is 32.7 Å². The second kappa shape index (κ2) is 9.97. The Morgan fingerprint density at radius 2 is 2.07 bits per heavy atom. The summed E-state index contributed by atoms with van der Waals surface area (Å²) < 4.78 is 42.8. The van der Waals surface area contributed by atoms with Gasteiger partial charge in [0.25, 0.3) is 0 Å². The molecule has 2 N–H and O–H groups in total. The fourth-order valence-corrected chi connectivity index (χ4v) is 3.50. The number of nitrogens with zero attached hydrogens (tertiary/aromatic N) is 2. The molecule has 2 fully saturated rings. The minimum atomic E-state index is -5.08. The fraction of sp³-hybridized carbons (Fsp3) is 0.667. The van der Waals surface area contributed by atoms with Gasteiger partial charge < -0.3 is 24.5 Å². The van der Waals surface area contributed by atoms with Crippen molar-refractivity contribution in [2.45, 2.75) is 25.2 Å². The third kappa shape index (κ3) is 6.93. The predicted octanol–water partition coefficient (Wildman–Crippen LogP) is 2.02. The minimum absolute atomic E-state index is 0.0514. The lowest BCUT2D eigenvalue weighted by molar-refractivity contribution is -0.192. The molecule has 3 atom stereocenters. The molecular weight excluding hydrogens is 395 g/mol. The van der Waals surface area contributed by atoms with Crippen molar-refractivity contribution >= 4 is 12.0 Å². The number of piperidine rings is 1. The van der Waals surface area contributed by atoms with Crippen molar-refractivity contribution in [3.05, 3.63) is 24.2 Å². The molecule has 0 spiro atoms. The van der Waals surface area contributed by atoms with Crippen LogP contribution >= 0.6 is 0 Å². The number of carbonyl (C=O) groups is 2. The number of carboxylic acid groups (broad SMARTS) is 1. The number of nitrogens with one attached hydrogen (secondary N) is 1. The molecule has 3 heterocycles. The van der Waals surface area contributed by atoms with Gasteiger partial charge in [0, 0.05) is 45.2 Å². The highest BCUT2D eigenvalue weighted by Gasteiger charge is 2.40. The Kier molecular flexibility index (Phi) is 7.91. The Morgan fingerprint density at radius 1 is 1.38 bits per heavy atom. The Morgan fingerprint density at radius 3 is 2.62 bits per heavy atom. The number of carbonyl (C=O) groups excluding carboxylic acids is 1. The monoisotopic (exact) mass is 421 g/mol. The average molecular weight is 421 g/mol. The first kappa shape index (κ1) is 23.0. The lowest BCUT2D eigenvalue weighted by atomic mass is 9.84. The number of ether oxygens (including phenoxy) is 1. The van der Waals surface area contributed by atoms with E-state index < -0.39 is 12.1 Å². The molecule has 0 aliphatic carbocycles. The van der Waals surface area contributed by atoms with Crippen molar-refractivity contribution in [1.29, 1.82) is 0 Å². The van der Waals surface area contributed by atoms with E-state index >= 15 is 0 Å². The second-order valence-corrected chi connectivity index (χ2v) is 7.33. The lowest BCUT2D eigenvalue weighted by Crippen LogP contribution is -2.45. The number of rotatable bonds is 4. The number of fused-ring (bicyclic) bond motifs is 1. The highest BCUT2D eigenvalue weighted by molar-refractivity contribution is 5.73. The number of urea groups is 1. The average Bonchev–Trinajstić information content (AvgIpc) is 3.28. The van der Waals surface area contributed by atoms with Gasteiger partial charge in [-0.2, -0.15) is 13.2 Å². The smallest absolute Gasteiger partial charge is 0.475 e. The number of hydrogen-bond donors (Lipinski definition) is 2. The summed E-state index contributed by atoms with van der Waals surface area (Å²) in [5.41, 5.74) is 1.23. The minimum Gasteiger partial charge on any atom is -0.475 e. The van der Waals surface area contributed by atoms with Gasteiger partial charge in [-0.25, -0.2) is 9.59 Å². The van der Waals surface area contributed by atoms with E-state index in [-0.39, 0.29) is 12.1 Å². The Labute approximate surface area is 166 Å². The molecule has 0 radical (unpaired) electrons. The number of amides is 2. The van der Waals surface area contributed by atoms with E-state index in [9.17, 15) is 18.0 Å². The van der Waals surface area contributed by atoms with E-state index in [1.54, 1.807) is 25.3 Å². The van der Waals surface area contributed by atoms with Crippen molar-refractivity contribution in [3.63, 3.8) is 0 Å². The number of alkyl halides is 3. The van der Waals surface area contributed by atoms with Crippen LogP contribution in [-0.4, -0.2) is 79.5 Å². The van der Waals surface area contributed by atoms with Gasteiger partial charge in [0.05, 0.1) is 25.2 Å². The van der Waals surface area contributed by atoms with E-state index in [1.807, 2.05) is 12.3 Å². The van der Waals surface area contributed by atoms with Gasteiger partial charge in [0.15, 0.2) is 0 Å². The molecule has 1 aromatic rings. The first-order chi connectivity index (χ1) is 13.6. The highest BCUT2D eigenvalue weighted by atomic mass is 19.4. The van der Waals surface area contributed by atoms with E-state index in [0.29, 0.717) is 18.4 Å². The van der Waals surface area contributed by atoms with Crippen LogP contribution in [0.4, 0.5) is 18.0 Å². The summed E-state index contributed by atoms with van der Waals surface area (Å²) >= 11 is 0. The number of furan rings is 1. The summed E-state index contributed by atoms with van der Waals surface area (Å²) in [5.74, 6) is -1.63. The van der Waals surface area contributed by atoms with Crippen LogP contribution in [0.25, 0.3) is 0 Å². The number of carboxylic acids is 1. The molecule has 164 valence electrons. The van der Waals surface area contributed by atoms with Crippen LogP contribution in [0, 0.1) is 11.8 Å². The molecule has 11 heteroatoms. The summed E-state index contributed by atoms with van der Waals surface area (Å²) in [6, 6.07) is 1.97. The standard InChI is InChI=1S/C16H25N3O3.C2HF3O2/c1-18(2)16(20)17-7-15-14-3-5-19(9-13(14)11-22-15)8-12-4-6-21-10-12;3-2(4,5)1(6)7/h4,6,10,13-15H,3,5,7-9,11H2,1-2H3,(H,17,20);(H,6,7)/t13-,14-,15+;/m1./s1. The van der Waals surface area contributed by atoms with Crippen molar-refractivity contribution < 1.29 is 37.0 Å². The number of halogens is 3. The van der Waals surface area contributed by atoms with Crippen LogP contribution in [0.5, 0.6) is 0 Å². The normalized spacial score (nSPS) is 24.2. The summed E-state index contributed by atoms with van der Waals surface area (Å²) in [4.78, 5) is 24.6. The van der Waals surface area contributed by atoms with Gasteiger partial charge in [-0.15, -0.1) is 0 Å². The topological polar surface area (TPSA) is 95.3 Å². The maximum atomic E-state index is 11.6. The molecular formula is C18H26F3N3O5. The van der Waals surface area contributed by atoms with E-state index in [1.165, 1.54) is 5.56 Å². The molecule has 2 saturated heterocycles. The number of hydrogen-bond acceptors (Lipinski definition) is 5. The van der Waals surface area contributed by atoms with Gasteiger partial charge >= 0.3 is 18.2 Å². The summed E-state index contributed by atoms with van der Waals surface area (Å²) in [5, 5.41) is 10.1. The molecule has 2 aliphatic heterocycles. The van der Waals surface area contributed by atoms with E-state index in [4.69, 9.17) is 19.1 Å². The zero-order valence-electron chi connectivity index (χ0n) is 16.3. The zero-order valence-corrected chi connectivity index (χ0v) is 16.3. The van der Waals surface area contributed by atoms with Crippen molar-refractivity contribution in [2.75, 3.05) is 40.3 Å². The third-order valence-electron chi connectivity index (χ3n) is 4.97. The molecule has 2 amide bonds. The van der Waals surface area contributed by atoms with Crippen molar-refractivity contribution in [2.24, 2.45) is 11.8 Å². The van der Waals surface area contributed by atoms with E-state index in [2.05, 4.69) is 10.2 Å². The molecule has 3 rings (SSSR count). The summed E-state index contributed by atoms with van der Waals surface area (Å²) in [6.07, 6.45) is -0.253. The van der Waals surface area contributed by atoms with Crippen LogP contribution in [0.1, 0.15) is 12.0 Å². The predicted molar refractivity (Wildman–Crippen MR) is 96.1 cm³/mol. The Bertz CT molecular complexity index is 666. The van der Waals surface area contributed by atoms with Gasteiger partial charge in [-0.1, -0.05) is 0 Å². The van der Waals surface area contributed by atoms with Crippen molar-refractivity contribution in [1.82, 2.24) is 15.1 Å². The summed E-state index contributed by atoms with van der Waals surface area (Å²) in [7, 11) is 3.50. The maximum absolute atomic E-state index is 11.6. The van der Waals surface area contributed by atoms with Crippen LogP contribution in [0.2, 0.25) is 0 Å². The van der Waals surface area contributed by atoms with Gasteiger partial charge in [-0.05, 0) is 24.9 Å². The van der Waals surface area contributed by atoms with Crippen LogP contribution in [0.3, 0.4) is 0 Å². The largest absolute Gasteiger partial charge is 0.490 e. The van der Waals surface area contributed by atoms with Crippen LogP contribution in [-0.2, 0) is 16.1 Å². The lowest BCUT2D eigenvalue weighted by Gasteiger charge is -2.35. The van der Waals surface area contributed by atoms with Crippen molar-refractivity contribution in [3.8, 4) is 0 Å². The molecule has 8 nitrogen and oxygen atoms in total. The molecule has 0 aromatic carbocycles. The zero-order chi connectivity index (χ0) is 21.6. The fourth-order valence-electron chi connectivity index (χ4n) is 3.50. The second-order valence-electron chi connectivity index (χ2n) is 7.33. The van der Waals surface area contributed by atoms with Gasteiger partial charge in [-0.3, -0.25) is 4.90 Å². The van der Waals surface area contributed by atoms with Gasteiger partial charge in [0.1, 0.15) is 0 Å². The Balaban J connectivity index is 0.000000370. The van der Waals surface area contributed by atoms with Gasteiger partial charge in [0.2, 0.25) is 0 Å². The molecule has 0 saturated carbocycles. The SMILES string of the molecule is CN(C)C(=O)NC[C@@H]1OC[C@H]2CN(Cc3ccoc3)CC[C@H]21.O=C(O)C(F)(F)F. The maximum Gasteiger partial charge on any atom is 0.490 e. The van der Waals surface area contributed by atoms with Crippen LogP contribution < -0.4 is 5.32 Å². The highest BCUT2D eigenvalue weighted by Crippen LogP contribution is 2.34. The first-order valence-electron chi connectivity index (χ1n) is 9.18. The first-order valence-corrected chi connectivity index (χ1v) is 9.18. The number of aliphatic carboxylic acids is 1. The number of likely N-dealkylation sites (tertiary alicyclic amines) is 1. The molecule has 1 aromatic heterocycles. The van der Waals surface area contributed by atoms with Crippen LogP contribution in [0.15, 0.2) is 23.0 Å².